The molecule has 1 aliphatic heterocycles. The molecule has 1 saturated heterocycles. The standard InChI is InChI=1S/C12H18BrN3O3S/c1-14-12-11(6-10(13)8-15-12)20(17,18)16-7-9-2-4-19-5-3-9/h6,8-9,16H,2-5,7H2,1H3,(H,14,15). The third-order valence-electron chi connectivity index (χ3n) is 3.25. The van der Waals surface area contributed by atoms with Crippen LogP contribution in [-0.4, -0.2) is 40.2 Å². The van der Waals surface area contributed by atoms with Gasteiger partial charge in [0.25, 0.3) is 0 Å². The molecule has 1 aliphatic rings. The Balaban J connectivity index is 2.11. The van der Waals surface area contributed by atoms with Gasteiger partial charge in [0, 0.05) is 37.5 Å². The van der Waals surface area contributed by atoms with Crippen LogP contribution < -0.4 is 10.0 Å². The summed E-state index contributed by atoms with van der Waals surface area (Å²) in [7, 11) is -1.92. The first-order chi connectivity index (χ1) is 9.53. The van der Waals surface area contributed by atoms with Crippen molar-refractivity contribution in [3.63, 3.8) is 0 Å². The van der Waals surface area contributed by atoms with Crippen molar-refractivity contribution in [3.05, 3.63) is 16.7 Å². The molecule has 2 rings (SSSR count). The topological polar surface area (TPSA) is 80.3 Å². The van der Waals surface area contributed by atoms with E-state index in [0.29, 0.717) is 36.0 Å². The number of nitrogens with zero attached hydrogens (tertiary/aromatic N) is 1. The highest BCUT2D eigenvalue weighted by molar-refractivity contribution is 9.10. The zero-order chi connectivity index (χ0) is 14.6. The van der Waals surface area contributed by atoms with Crippen LogP contribution in [0.15, 0.2) is 21.6 Å². The van der Waals surface area contributed by atoms with Gasteiger partial charge in [-0.2, -0.15) is 0 Å². The first-order valence-electron chi connectivity index (χ1n) is 6.43. The fraction of sp³-hybridized carbons (Fsp3) is 0.583. The van der Waals surface area contributed by atoms with Gasteiger partial charge in [-0.05, 0) is 40.8 Å². The monoisotopic (exact) mass is 363 g/mol. The Hall–Kier alpha value is -0.700. The molecule has 0 saturated carbocycles. The van der Waals surface area contributed by atoms with Crippen molar-refractivity contribution >= 4 is 31.8 Å². The van der Waals surface area contributed by atoms with Crippen LogP contribution in [-0.2, 0) is 14.8 Å². The van der Waals surface area contributed by atoms with E-state index in [1.54, 1.807) is 19.3 Å². The van der Waals surface area contributed by atoms with Crippen LogP contribution in [0.2, 0.25) is 0 Å². The summed E-state index contributed by atoms with van der Waals surface area (Å²) in [6.45, 7) is 1.83. The van der Waals surface area contributed by atoms with Crippen molar-refractivity contribution in [2.75, 3.05) is 32.1 Å². The Morgan fingerprint density at radius 3 is 2.80 bits per heavy atom. The number of sulfonamides is 1. The Kier molecular flexibility index (Phi) is 5.36. The molecule has 0 radical (unpaired) electrons. The van der Waals surface area contributed by atoms with Gasteiger partial charge in [-0.3, -0.25) is 0 Å². The molecule has 0 aliphatic carbocycles. The average Bonchev–Trinajstić information content (AvgIpc) is 2.46. The molecular weight excluding hydrogens is 346 g/mol. The lowest BCUT2D eigenvalue weighted by atomic mass is 10.0. The highest BCUT2D eigenvalue weighted by atomic mass is 79.9. The number of aromatic nitrogens is 1. The van der Waals surface area contributed by atoms with E-state index in [0.717, 1.165) is 12.8 Å². The second kappa shape index (κ2) is 6.84. The number of pyridine rings is 1. The van der Waals surface area contributed by atoms with E-state index in [-0.39, 0.29) is 4.90 Å². The number of rotatable bonds is 5. The van der Waals surface area contributed by atoms with Gasteiger partial charge in [0.2, 0.25) is 10.0 Å². The van der Waals surface area contributed by atoms with Crippen molar-refractivity contribution in [1.29, 1.82) is 0 Å². The Morgan fingerprint density at radius 2 is 2.15 bits per heavy atom. The molecule has 8 heteroatoms. The average molecular weight is 364 g/mol. The molecule has 112 valence electrons. The lowest BCUT2D eigenvalue weighted by molar-refractivity contribution is 0.0678. The van der Waals surface area contributed by atoms with Gasteiger partial charge in [-0.1, -0.05) is 0 Å². The maximum Gasteiger partial charge on any atom is 0.244 e. The molecule has 2 N–H and O–H groups in total. The van der Waals surface area contributed by atoms with Crippen LogP contribution in [0.4, 0.5) is 5.82 Å². The Bertz CT molecular complexity index is 559. The maximum absolute atomic E-state index is 12.4. The van der Waals surface area contributed by atoms with Crippen molar-refractivity contribution in [2.45, 2.75) is 17.7 Å². The van der Waals surface area contributed by atoms with Gasteiger partial charge in [0.15, 0.2) is 0 Å². The van der Waals surface area contributed by atoms with E-state index < -0.39 is 10.0 Å². The van der Waals surface area contributed by atoms with Crippen molar-refractivity contribution in [1.82, 2.24) is 9.71 Å². The summed E-state index contributed by atoms with van der Waals surface area (Å²) < 4.78 is 33.3. The maximum atomic E-state index is 12.4. The predicted octanol–water partition coefficient (Wildman–Crippen LogP) is 1.59. The fourth-order valence-corrected chi connectivity index (χ4v) is 3.85. The first-order valence-corrected chi connectivity index (χ1v) is 8.71. The minimum Gasteiger partial charge on any atom is -0.381 e. The van der Waals surface area contributed by atoms with Crippen LogP contribution in [0.5, 0.6) is 0 Å². The van der Waals surface area contributed by atoms with Crippen LogP contribution in [0.3, 0.4) is 0 Å². The third-order valence-corrected chi connectivity index (χ3v) is 5.12. The molecule has 0 spiro atoms. The van der Waals surface area contributed by atoms with E-state index in [9.17, 15) is 8.42 Å². The normalized spacial score (nSPS) is 17.1. The summed E-state index contributed by atoms with van der Waals surface area (Å²) in [6.07, 6.45) is 3.33. The van der Waals surface area contributed by atoms with Gasteiger partial charge in [0.1, 0.15) is 10.7 Å². The summed E-state index contributed by atoms with van der Waals surface area (Å²) in [5.41, 5.74) is 0. The van der Waals surface area contributed by atoms with Gasteiger partial charge in [-0.25, -0.2) is 18.1 Å². The van der Waals surface area contributed by atoms with Gasteiger partial charge in [0.05, 0.1) is 0 Å². The molecule has 20 heavy (non-hydrogen) atoms. The molecule has 6 nitrogen and oxygen atoms in total. The summed E-state index contributed by atoms with van der Waals surface area (Å²) in [5, 5.41) is 2.80. The SMILES string of the molecule is CNc1ncc(Br)cc1S(=O)(=O)NCC1CCOCC1. The number of halogens is 1. The van der Waals surface area contributed by atoms with E-state index in [1.807, 2.05) is 0 Å². The lowest BCUT2D eigenvalue weighted by Gasteiger charge is -2.22. The molecule has 0 atom stereocenters. The molecular formula is C12H18BrN3O3S. The third kappa shape index (κ3) is 3.91. The van der Waals surface area contributed by atoms with Gasteiger partial charge >= 0.3 is 0 Å². The molecule has 1 fully saturated rings. The summed E-state index contributed by atoms with van der Waals surface area (Å²) in [6, 6.07) is 1.55. The Labute approximate surface area is 127 Å². The number of anilines is 1. The van der Waals surface area contributed by atoms with E-state index in [1.165, 1.54) is 0 Å². The lowest BCUT2D eigenvalue weighted by Crippen LogP contribution is -2.32. The Morgan fingerprint density at radius 1 is 1.45 bits per heavy atom. The predicted molar refractivity (Wildman–Crippen MR) is 80.2 cm³/mol. The second-order valence-electron chi connectivity index (χ2n) is 4.66. The summed E-state index contributed by atoms with van der Waals surface area (Å²) >= 11 is 3.25. The number of nitrogens with one attached hydrogen (secondary N) is 2. The molecule has 0 bridgehead atoms. The van der Waals surface area contributed by atoms with E-state index in [2.05, 4.69) is 31.0 Å². The molecule has 0 amide bonds. The summed E-state index contributed by atoms with van der Waals surface area (Å²) in [5.74, 6) is 0.671. The van der Waals surface area contributed by atoms with Crippen molar-refractivity contribution in [3.8, 4) is 0 Å². The second-order valence-corrected chi connectivity index (χ2v) is 7.31. The van der Waals surface area contributed by atoms with Gasteiger partial charge < -0.3 is 10.1 Å². The number of hydrogen-bond donors (Lipinski definition) is 2. The largest absolute Gasteiger partial charge is 0.381 e. The smallest absolute Gasteiger partial charge is 0.244 e. The van der Waals surface area contributed by atoms with Crippen LogP contribution >= 0.6 is 15.9 Å². The van der Waals surface area contributed by atoms with Crippen LogP contribution in [0, 0.1) is 5.92 Å². The zero-order valence-corrected chi connectivity index (χ0v) is 13.6. The summed E-state index contributed by atoms with van der Waals surface area (Å²) in [4.78, 5) is 4.21. The van der Waals surface area contributed by atoms with E-state index in [4.69, 9.17) is 4.74 Å². The minimum atomic E-state index is -3.57. The van der Waals surface area contributed by atoms with E-state index >= 15 is 0 Å². The zero-order valence-electron chi connectivity index (χ0n) is 11.2. The van der Waals surface area contributed by atoms with Gasteiger partial charge in [-0.15, -0.1) is 0 Å². The fourth-order valence-electron chi connectivity index (χ4n) is 2.07. The van der Waals surface area contributed by atoms with Crippen LogP contribution in [0.1, 0.15) is 12.8 Å². The quantitative estimate of drug-likeness (QED) is 0.830. The van der Waals surface area contributed by atoms with Crippen LogP contribution in [0.25, 0.3) is 0 Å². The number of ether oxygens (including phenoxy) is 1. The molecule has 0 unspecified atom stereocenters. The molecule has 1 aromatic rings. The number of hydrogen-bond acceptors (Lipinski definition) is 5. The minimum absolute atomic E-state index is 0.154. The molecule has 0 aromatic carbocycles. The molecule has 1 aromatic heterocycles. The molecule has 2 heterocycles. The highest BCUT2D eigenvalue weighted by Gasteiger charge is 2.22. The first kappa shape index (κ1) is 15.7. The van der Waals surface area contributed by atoms with Crippen molar-refractivity contribution in [2.24, 2.45) is 5.92 Å². The highest BCUT2D eigenvalue weighted by Crippen LogP contribution is 2.23. The van der Waals surface area contributed by atoms with Crippen molar-refractivity contribution < 1.29 is 13.2 Å².